The van der Waals surface area contributed by atoms with Gasteiger partial charge in [-0.2, -0.15) is 5.26 Å². The number of aryl methyl sites for hydroxylation is 4. The number of nitriles is 1. The van der Waals surface area contributed by atoms with Crippen molar-refractivity contribution in [2.24, 2.45) is 0 Å². The summed E-state index contributed by atoms with van der Waals surface area (Å²) in [4.78, 5) is 26.3. The maximum atomic E-state index is 15.2. The third-order valence-corrected chi connectivity index (χ3v) is 23.0. The van der Waals surface area contributed by atoms with Gasteiger partial charge in [0.25, 0.3) is 0 Å². The summed E-state index contributed by atoms with van der Waals surface area (Å²) >= 11 is 0. The summed E-state index contributed by atoms with van der Waals surface area (Å²) in [5.74, 6) is 0. The molecule has 5 heterocycles. The SMILES string of the molecule is Cc1c2c(-c3ccc(-c4cccc(-c5ccc(C#N)cc5)n4)cc3)nc3ccccc3c2c(C)c2c(-c3ccccc3)nc3ccccc3c12.Cc1c2c(-c3ccc(P(=O)(c4ccccc4)c4ccccc4)cc3)nc3ccccc3c2c(C)c2c(-c3ccccc3)nc3ccccc3c12. The quantitative estimate of drug-likeness (QED) is 0.0805. The lowest BCUT2D eigenvalue weighted by Gasteiger charge is -2.22. The maximum absolute atomic E-state index is 15.2. The number of rotatable bonds is 9. The molecule has 0 bridgehead atoms. The van der Waals surface area contributed by atoms with Crippen molar-refractivity contribution in [2.75, 3.05) is 0 Å². The summed E-state index contributed by atoms with van der Waals surface area (Å²) in [5.41, 5.74) is 21.1. The van der Waals surface area contributed by atoms with Gasteiger partial charge in [0.05, 0.1) is 67.9 Å². The number of pyridine rings is 5. The Morgan fingerprint density at radius 1 is 0.250 bits per heavy atom. The predicted octanol–water partition coefficient (Wildman–Crippen LogP) is 22.3. The third kappa shape index (κ3) is 10.3. The molecule has 0 saturated carbocycles. The van der Waals surface area contributed by atoms with Crippen LogP contribution in [0.15, 0.2) is 309 Å². The van der Waals surface area contributed by atoms with Crippen LogP contribution in [0, 0.1) is 39.0 Å². The van der Waals surface area contributed by atoms with Gasteiger partial charge in [0.15, 0.2) is 7.14 Å². The standard InChI is InChI=1S/C46H30N4.C46H33N2OP/c1-28-42-36-14-7-9-16-40(36)50-46(34-25-23-32(24-26-34)38-18-10-17-37(48-38)31-21-19-30(27-47)20-22-31)44(42)29(2)41-35-13-6-8-15-39(35)49-45(43(28)41)33-11-4-3-5-12-33;1-30-42-38-23-13-15-25-40(38)48-46(33-26-28-36(29-27-33)50(49,34-18-8-4-9-19-34)35-20-10-5-11-21-35)44(42)31(2)41-37-22-12-14-24-39(37)47-45(43(30)41)32-16-6-3-7-17-32/h3-26H,1-2H3;3-29H,1-2H3. The number of nitrogens with zero attached hydrogens (tertiary/aromatic N) is 6. The van der Waals surface area contributed by atoms with Crippen LogP contribution in [0.5, 0.6) is 0 Å². The smallest absolute Gasteiger partial charge is 0.171 e. The minimum Gasteiger partial charge on any atom is -0.309 e. The van der Waals surface area contributed by atoms with E-state index in [-0.39, 0.29) is 0 Å². The Bertz CT molecular complexity index is 6340. The average Bonchev–Trinajstić information content (AvgIpc) is 0.719. The van der Waals surface area contributed by atoms with Gasteiger partial charge in [0.1, 0.15) is 0 Å². The lowest BCUT2D eigenvalue weighted by atomic mass is 9.86. The fourth-order valence-corrected chi connectivity index (χ4v) is 17.9. The normalized spacial score (nSPS) is 11.6. The number of hydrogen-bond donors (Lipinski definition) is 0. The highest BCUT2D eigenvalue weighted by Gasteiger charge is 2.31. The molecule has 0 N–H and O–H groups in total. The Balaban J connectivity index is 0.000000150. The first-order valence-corrected chi connectivity index (χ1v) is 35.4. The summed E-state index contributed by atoms with van der Waals surface area (Å²) in [6, 6.07) is 107. The Morgan fingerprint density at radius 3 is 0.840 bits per heavy atom. The predicted molar refractivity (Wildman–Crippen MR) is 418 cm³/mol. The Labute approximate surface area is 579 Å². The summed E-state index contributed by atoms with van der Waals surface area (Å²) in [5, 5.41) is 25.7. The number of fused-ring (bicyclic) bond motifs is 12. The molecule has 0 amide bonds. The number of benzene rings is 13. The van der Waals surface area contributed by atoms with Crippen molar-refractivity contribution in [1.29, 1.82) is 5.26 Å². The van der Waals surface area contributed by atoms with Crippen molar-refractivity contribution in [1.82, 2.24) is 24.9 Å². The zero-order valence-corrected chi connectivity index (χ0v) is 56.4. The summed E-state index contributed by atoms with van der Waals surface area (Å²) in [7, 11) is -3.11. The lowest BCUT2D eigenvalue weighted by Crippen LogP contribution is -2.24. The number of para-hydroxylation sites is 4. The highest BCUT2D eigenvalue weighted by molar-refractivity contribution is 7.85. The molecule has 0 unspecified atom stereocenters. The molecule has 100 heavy (non-hydrogen) atoms. The van der Waals surface area contributed by atoms with Gasteiger partial charge in [-0.1, -0.05) is 261 Å². The van der Waals surface area contributed by atoms with Crippen molar-refractivity contribution in [3.05, 3.63) is 337 Å². The molecular formula is C92H63N6OP. The van der Waals surface area contributed by atoms with Crippen LogP contribution in [-0.2, 0) is 4.57 Å². The van der Waals surface area contributed by atoms with E-state index in [0.717, 1.165) is 138 Å². The molecule has 0 fully saturated rings. The van der Waals surface area contributed by atoms with Crippen molar-refractivity contribution in [3.63, 3.8) is 0 Å². The molecule has 0 spiro atoms. The Morgan fingerprint density at radius 2 is 0.510 bits per heavy atom. The van der Waals surface area contributed by atoms with Crippen LogP contribution in [0.1, 0.15) is 27.8 Å². The van der Waals surface area contributed by atoms with Gasteiger partial charge in [-0.3, -0.25) is 0 Å². The van der Waals surface area contributed by atoms with E-state index in [1.54, 1.807) is 0 Å². The van der Waals surface area contributed by atoms with Gasteiger partial charge in [-0.15, -0.1) is 0 Å². The molecular weight excluding hydrogens is 1240 g/mol. The van der Waals surface area contributed by atoms with E-state index in [9.17, 15) is 5.26 Å². The van der Waals surface area contributed by atoms with Crippen LogP contribution < -0.4 is 15.9 Å². The van der Waals surface area contributed by atoms with E-state index in [0.29, 0.717) is 5.56 Å². The minimum absolute atomic E-state index is 0.634. The second kappa shape index (κ2) is 25.1. The van der Waals surface area contributed by atoms with Crippen molar-refractivity contribution in [2.45, 2.75) is 27.7 Å². The van der Waals surface area contributed by atoms with Gasteiger partial charge in [-0.05, 0) is 120 Å². The van der Waals surface area contributed by atoms with E-state index in [1.165, 1.54) is 54.6 Å². The van der Waals surface area contributed by atoms with Crippen LogP contribution >= 0.6 is 7.14 Å². The van der Waals surface area contributed by atoms with E-state index in [1.807, 2.05) is 115 Å². The first kappa shape index (κ1) is 61.0. The maximum Gasteiger partial charge on any atom is 0.171 e. The van der Waals surface area contributed by atoms with Crippen LogP contribution in [0.25, 0.3) is 154 Å². The van der Waals surface area contributed by atoms with Gasteiger partial charge in [0.2, 0.25) is 0 Å². The molecule has 0 atom stereocenters. The second-order valence-electron chi connectivity index (χ2n) is 25.6. The Hall–Kier alpha value is -12.6. The highest BCUT2D eigenvalue weighted by Crippen LogP contribution is 2.49. The van der Waals surface area contributed by atoms with Crippen LogP contribution in [-0.4, -0.2) is 24.9 Å². The zero-order valence-electron chi connectivity index (χ0n) is 55.5. The van der Waals surface area contributed by atoms with Gasteiger partial charge in [-0.25, -0.2) is 24.9 Å². The summed E-state index contributed by atoms with van der Waals surface area (Å²) in [6.07, 6.45) is 0. The molecule has 0 saturated heterocycles. The van der Waals surface area contributed by atoms with Crippen molar-refractivity contribution in [3.8, 4) is 73.6 Å². The molecule has 472 valence electrons. The van der Waals surface area contributed by atoms with E-state index in [4.69, 9.17) is 24.9 Å². The molecule has 8 heteroatoms. The van der Waals surface area contributed by atoms with Gasteiger partial charge < -0.3 is 4.57 Å². The fourth-order valence-electron chi connectivity index (χ4n) is 15.2. The third-order valence-electron chi connectivity index (χ3n) is 19.9. The monoisotopic (exact) mass is 1300 g/mol. The first-order valence-electron chi connectivity index (χ1n) is 33.7. The molecule has 13 aromatic carbocycles. The highest BCUT2D eigenvalue weighted by atomic mass is 31.2. The number of aromatic nitrogens is 5. The van der Waals surface area contributed by atoms with Crippen LogP contribution in [0.3, 0.4) is 0 Å². The lowest BCUT2D eigenvalue weighted by molar-refractivity contribution is 0.592. The molecule has 18 rings (SSSR count). The fraction of sp³-hybridized carbons (Fsp3) is 0.0435. The Kier molecular flexibility index (Phi) is 15.3. The molecule has 0 aliphatic carbocycles. The zero-order chi connectivity index (χ0) is 67.6. The van der Waals surface area contributed by atoms with E-state index in [2.05, 4.69) is 228 Å². The molecule has 18 aromatic rings. The molecule has 0 aliphatic heterocycles. The average molecular weight is 1300 g/mol. The summed E-state index contributed by atoms with van der Waals surface area (Å²) in [6.45, 7) is 8.97. The number of hydrogen-bond acceptors (Lipinski definition) is 7. The van der Waals surface area contributed by atoms with Crippen LogP contribution in [0.4, 0.5) is 0 Å². The van der Waals surface area contributed by atoms with Crippen LogP contribution in [0.2, 0.25) is 0 Å². The topological polar surface area (TPSA) is 105 Å². The summed E-state index contributed by atoms with van der Waals surface area (Å²) < 4.78 is 15.2. The molecule has 0 aliphatic rings. The first-order chi connectivity index (χ1) is 49.1. The second-order valence-corrected chi connectivity index (χ2v) is 28.4. The molecule has 7 nitrogen and oxygen atoms in total. The van der Waals surface area contributed by atoms with E-state index < -0.39 is 7.14 Å². The van der Waals surface area contributed by atoms with Crippen molar-refractivity contribution < 1.29 is 4.57 Å². The van der Waals surface area contributed by atoms with Gasteiger partial charge in [0, 0.05) is 92.4 Å². The largest absolute Gasteiger partial charge is 0.309 e. The molecule has 0 radical (unpaired) electrons. The molecule has 5 aromatic heterocycles. The van der Waals surface area contributed by atoms with Crippen molar-refractivity contribution >= 4 is 110 Å². The van der Waals surface area contributed by atoms with E-state index >= 15 is 4.57 Å². The minimum atomic E-state index is -3.11. The van der Waals surface area contributed by atoms with Gasteiger partial charge >= 0.3 is 0 Å².